The molecule has 1 aromatic heterocycles. The molecule has 3 rings (SSSR count). The second-order valence-corrected chi connectivity index (χ2v) is 5.84. The zero-order valence-electron chi connectivity index (χ0n) is 10.9. The van der Waals surface area contributed by atoms with Crippen LogP contribution in [0.15, 0.2) is 53.6 Å². The quantitative estimate of drug-likeness (QED) is 0.563. The molecule has 0 amide bonds. The average Bonchev–Trinajstić information content (AvgIpc) is 2.47. The number of rotatable bonds is 1. The number of aromatic nitrogens is 2. The molecule has 0 N–H and O–H groups in total. The van der Waals surface area contributed by atoms with E-state index in [2.05, 4.69) is 4.98 Å². The highest BCUT2D eigenvalue weighted by Crippen LogP contribution is 2.33. The van der Waals surface area contributed by atoms with Gasteiger partial charge in [0.15, 0.2) is 0 Å². The van der Waals surface area contributed by atoms with Gasteiger partial charge in [0.25, 0.3) is 5.56 Å². The van der Waals surface area contributed by atoms with Crippen LogP contribution >= 0.6 is 22.6 Å². The first-order chi connectivity index (χ1) is 10.4. The minimum absolute atomic E-state index is 0.228. The van der Waals surface area contributed by atoms with E-state index in [-0.39, 0.29) is 11.1 Å². The van der Waals surface area contributed by atoms with Crippen LogP contribution in [-0.4, -0.2) is 9.55 Å². The number of alkyl halides is 3. The summed E-state index contributed by atoms with van der Waals surface area (Å²) in [6, 6.07) is 10.00. The number of halogens is 4. The lowest BCUT2D eigenvalue weighted by atomic mass is 10.1. The van der Waals surface area contributed by atoms with Crippen molar-refractivity contribution in [2.45, 2.75) is 6.18 Å². The molecule has 3 nitrogen and oxygen atoms in total. The van der Waals surface area contributed by atoms with Crippen molar-refractivity contribution in [1.82, 2.24) is 9.55 Å². The maximum absolute atomic E-state index is 13.1. The summed E-state index contributed by atoms with van der Waals surface area (Å²) in [6.45, 7) is 0. The standard InChI is InChI=1S/C15H8F3IN2O/c16-15(17,18)11-3-1-2-4-13(11)21-8-20-12-6-5-9(19)7-10(12)14(21)22/h1-8H. The highest BCUT2D eigenvalue weighted by molar-refractivity contribution is 14.1. The Morgan fingerprint density at radius 2 is 1.82 bits per heavy atom. The van der Waals surface area contributed by atoms with Crippen LogP contribution in [0.2, 0.25) is 0 Å². The highest BCUT2D eigenvalue weighted by atomic mass is 127. The predicted octanol–water partition coefficient (Wildman–Crippen LogP) is 4.01. The lowest BCUT2D eigenvalue weighted by Crippen LogP contribution is -2.22. The number of hydrogen-bond acceptors (Lipinski definition) is 2. The molecule has 7 heteroatoms. The maximum Gasteiger partial charge on any atom is 0.418 e. The Morgan fingerprint density at radius 3 is 2.55 bits per heavy atom. The van der Waals surface area contributed by atoms with Crippen molar-refractivity contribution in [2.24, 2.45) is 0 Å². The van der Waals surface area contributed by atoms with Crippen molar-refractivity contribution >= 4 is 33.5 Å². The summed E-state index contributed by atoms with van der Waals surface area (Å²) >= 11 is 2.03. The van der Waals surface area contributed by atoms with Crippen molar-refractivity contribution in [3.05, 3.63) is 68.3 Å². The molecule has 0 aliphatic carbocycles. The van der Waals surface area contributed by atoms with Crippen LogP contribution in [0.3, 0.4) is 0 Å². The minimum Gasteiger partial charge on any atom is -0.268 e. The molecule has 22 heavy (non-hydrogen) atoms. The molecule has 0 saturated heterocycles. The van der Waals surface area contributed by atoms with E-state index in [9.17, 15) is 18.0 Å². The molecule has 0 saturated carbocycles. The first-order valence-electron chi connectivity index (χ1n) is 6.21. The topological polar surface area (TPSA) is 34.9 Å². The summed E-state index contributed by atoms with van der Waals surface area (Å²) in [5.41, 5.74) is -1.18. The molecule has 0 bridgehead atoms. The van der Waals surface area contributed by atoms with Gasteiger partial charge in [-0.1, -0.05) is 12.1 Å². The van der Waals surface area contributed by atoms with Crippen molar-refractivity contribution in [2.75, 3.05) is 0 Å². The lowest BCUT2D eigenvalue weighted by Gasteiger charge is -2.14. The molecule has 0 fully saturated rings. The maximum atomic E-state index is 13.1. The van der Waals surface area contributed by atoms with Crippen LogP contribution in [-0.2, 0) is 6.18 Å². The van der Waals surface area contributed by atoms with Gasteiger partial charge in [-0.15, -0.1) is 0 Å². The zero-order chi connectivity index (χ0) is 15.9. The Morgan fingerprint density at radius 1 is 1.09 bits per heavy atom. The van der Waals surface area contributed by atoms with Crippen LogP contribution in [0.25, 0.3) is 16.6 Å². The minimum atomic E-state index is -4.55. The van der Waals surface area contributed by atoms with Crippen LogP contribution in [0.1, 0.15) is 5.56 Å². The van der Waals surface area contributed by atoms with Crippen LogP contribution in [0, 0.1) is 3.57 Å². The van der Waals surface area contributed by atoms with E-state index in [0.717, 1.165) is 20.5 Å². The largest absolute Gasteiger partial charge is 0.418 e. The van der Waals surface area contributed by atoms with Crippen molar-refractivity contribution in [1.29, 1.82) is 0 Å². The van der Waals surface area contributed by atoms with Crippen LogP contribution in [0.5, 0.6) is 0 Å². The summed E-state index contributed by atoms with van der Waals surface area (Å²) in [5.74, 6) is 0. The third kappa shape index (κ3) is 2.60. The van der Waals surface area contributed by atoms with E-state index < -0.39 is 17.3 Å². The van der Waals surface area contributed by atoms with Gasteiger partial charge in [-0.3, -0.25) is 9.36 Å². The van der Waals surface area contributed by atoms with E-state index >= 15 is 0 Å². The molecule has 2 aromatic carbocycles. The van der Waals surface area contributed by atoms with Gasteiger partial charge in [0.1, 0.15) is 6.33 Å². The Labute approximate surface area is 136 Å². The molecule has 112 valence electrons. The van der Waals surface area contributed by atoms with Gasteiger partial charge in [0, 0.05) is 3.57 Å². The van der Waals surface area contributed by atoms with E-state index in [0.29, 0.717) is 5.52 Å². The molecule has 0 aliphatic heterocycles. The van der Waals surface area contributed by atoms with Gasteiger partial charge >= 0.3 is 6.18 Å². The molecular weight excluding hydrogens is 408 g/mol. The Hall–Kier alpha value is -1.90. The molecule has 0 radical (unpaired) electrons. The highest BCUT2D eigenvalue weighted by Gasteiger charge is 2.33. The molecule has 0 unspecified atom stereocenters. The third-order valence-corrected chi connectivity index (χ3v) is 3.86. The first-order valence-corrected chi connectivity index (χ1v) is 7.29. The zero-order valence-corrected chi connectivity index (χ0v) is 13.1. The number of hydrogen-bond donors (Lipinski definition) is 0. The number of para-hydroxylation sites is 1. The fourth-order valence-electron chi connectivity index (χ4n) is 2.19. The second kappa shape index (κ2) is 5.38. The van der Waals surface area contributed by atoms with E-state index in [4.69, 9.17) is 0 Å². The fraction of sp³-hybridized carbons (Fsp3) is 0.0667. The lowest BCUT2D eigenvalue weighted by molar-refractivity contribution is -0.137. The molecule has 0 aliphatic rings. The summed E-state index contributed by atoms with van der Waals surface area (Å²) < 4.78 is 41.1. The normalized spacial score (nSPS) is 11.8. The molecule has 1 heterocycles. The van der Waals surface area contributed by atoms with Gasteiger partial charge in [-0.05, 0) is 52.9 Å². The number of fused-ring (bicyclic) bond motifs is 1. The predicted molar refractivity (Wildman–Crippen MR) is 85.1 cm³/mol. The monoisotopic (exact) mass is 416 g/mol. The number of nitrogens with zero attached hydrogens (tertiary/aromatic N) is 2. The summed E-state index contributed by atoms with van der Waals surface area (Å²) in [6.07, 6.45) is -3.42. The fourth-order valence-corrected chi connectivity index (χ4v) is 2.68. The summed E-state index contributed by atoms with van der Waals surface area (Å²) in [7, 11) is 0. The van der Waals surface area contributed by atoms with Crippen molar-refractivity contribution in [3.8, 4) is 5.69 Å². The Balaban J connectivity index is 2.33. The van der Waals surface area contributed by atoms with E-state index in [1.54, 1.807) is 18.2 Å². The molecule has 0 atom stereocenters. The van der Waals surface area contributed by atoms with Gasteiger partial charge in [0.05, 0.1) is 22.2 Å². The number of benzene rings is 2. The van der Waals surface area contributed by atoms with Crippen LogP contribution < -0.4 is 5.56 Å². The van der Waals surface area contributed by atoms with Gasteiger partial charge < -0.3 is 0 Å². The van der Waals surface area contributed by atoms with Crippen molar-refractivity contribution < 1.29 is 13.2 Å². The van der Waals surface area contributed by atoms with Crippen molar-refractivity contribution in [3.63, 3.8) is 0 Å². The summed E-state index contributed by atoms with van der Waals surface area (Å²) in [5, 5.41) is 0.284. The van der Waals surface area contributed by atoms with Gasteiger partial charge in [-0.2, -0.15) is 13.2 Å². The first kappa shape index (κ1) is 15.0. The molecular formula is C15H8F3IN2O. The molecule has 3 aromatic rings. The third-order valence-electron chi connectivity index (χ3n) is 3.19. The second-order valence-electron chi connectivity index (χ2n) is 4.60. The molecule has 0 spiro atoms. The Bertz CT molecular complexity index is 919. The van der Waals surface area contributed by atoms with Gasteiger partial charge in [0.2, 0.25) is 0 Å². The Kier molecular flexibility index (Phi) is 3.67. The SMILES string of the molecule is O=c1c2cc(I)ccc2ncn1-c1ccccc1C(F)(F)F. The van der Waals surface area contributed by atoms with E-state index in [1.165, 1.54) is 18.2 Å². The smallest absolute Gasteiger partial charge is 0.268 e. The van der Waals surface area contributed by atoms with Gasteiger partial charge in [-0.25, -0.2) is 4.98 Å². The van der Waals surface area contributed by atoms with E-state index in [1.807, 2.05) is 22.6 Å². The average molecular weight is 416 g/mol. The van der Waals surface area contributed by atoms with Crippen LogP contribution in [0.4, 0.5) is 13.2 Å². The summed E-state index contributed by atoms with van der Waals surface area (Å²) in [4.78, 5) is 16.6.